The van der Waals surface area contributed by atoms with E-state index in [1.807, 2.05) is 0 Å². The first kappa shape index (κ1) is 8.26. The van der Waals surface area contributed by atoms with Crippen molar-refractivity contribution in [2.75, 3.05) is 5.75 Å². The fourth-order valence-electron chi connectivity index (χ4n) is 0.687. The lowest BCUT2D eigenvalue weighted by atomic mass is 10.7. The van der Waals surface area contributed by atoms with Crippen LogP contribution >= 0.6 is 0 Å². The number of rotatable bonds is 3. The number of imidazole rings is 1. The Balaban J connectivity index is 2.72. The lowest BCUT2D eigenvalue weighted by Gasteiger charge is -1.95. The topological polar surface area (TPSA) is 62.8 Å². The summed E-state index contributed by atoms with van der Waals surface area (Å²) in [6.45, 7) is 1.62. The molecule has 0 aromatic carbocycles. The number of aromatic nitrogens is 2. The van der Waals surface area contributed by atoms with Crippen LogP contribution in [0.5, 0.6) is 0 Å². The Bertz CT molecular complexity index is 301. The molecule has 1 aromatic rings. The van der Waals surface area contributed by atoms with Crippen LogP contribution in [0.3, 0.4) is 0 Å². The zero-order chi connectivity index (χ0) is 8.32. The zero-order valence-corrected chi connectivity index (χ0v) is 7.06. The summed E-state index contributed by atoms with van der Waals surface area (Å²) in [4.78, 5) is 6.55. The molecule has 0 saturated heterocycles. The predicted octanol–water partition coefficient (Wildman–Crippen LogP) is 0.344. The minimum absolute atomic E-state index is 0.0104. The van der Waals surface area contributed by atoms with E-state index in [9.17, 15) is 8.42 Å². The highest BCUT2D eigenvalue weighted by Crippen LogP contribution is 1.99. The average Bonchev–Trinajstić information content (AvgIpc) is 2.39. The maximum absolute atomic E-state index is 11.0. The van der Waals surface area contributed by atoms with Gasteiger partial charge >= 0.3 is 0 Å². The normalized spacial score (nSPS) is 11.7. The molecule has 5 heteroatoms. The summed E-state index contributed by atoms with van der Waals surface area (Å²) in [5.41, 5.74) is 0. The maximum Gasteiger partial charge on any atom is 0.157 e. The minimum atomic E-state index is -2.94. The summed E-state index contributed by atoms with van der Waals surface area (Å²) < 4.78 is 22.0. The van der Waals surface area contributed by atoms with Crippen LogP contribution in [0.2, 0.25) is 0 Å². The Labute approximate surface area is 65.6 Å². The molecule has 0 aliphatic carbocycles. The third-order valence-electron chi connectivity index (χ3n) is 1.35. The summed E-state index contributed by atoms with van der Waals surface area (Å²) in [7, 11) is -2.94. The number of aromatic amines is 1. The Morgan fingerprint density at radius 1 is 1.64 bits per heavy atom. The van der Waals surface area contributed by atoms with Gasteiger partial charge in [0.25, 0.3) is 0 Å². The van der Waals surface area contributed by atoms with Crippen molar-refractivity contribution in [1.82, 2.24) is 9.97 Å². The van der Waals surface area contributed by atoms with Crippen LogP contribution in [0, 0.1) is 0 Å². The molecule has 11 heavy (non-hydrogen) atoms. The van der Waals surface area contributed by atoms with Crippen LogP contribution in [0.4, 0.5) is 0 Å². The van der Waals surface area contributed by atoms with Crippen LogP contribution in [0.25, 0.3) is 0 Å². The van der Waals surface area contributed by atoms with Crippen LogP contribution in [-0.2, 0) is 15.6 Å². The van der Waals surface area contributed by atoms with E-state index in [4.69, 9.17) is 0 Å². The van der Waals surface area contributed by atoms with Gasteiger partial charge in [-0.15, -0.1) is 0 Å². The standard InChI is InChI=1S/C6H10N2O2S/c1-2-11(9,10)5-6-7-3-4-8-6/h3-4H,2,5H2,1H3,(H,7,8). The van der Waals surface area contributed by atoms with Gasteiger partial charge in [0.2, 0.25) is 0 Å². The van der Waals surface area contributed by atoms with Gasteiger partial charge in [-0.25, -0.2) is 13.4 Å². The Morgan fingerprint density at radius 3 is 2.82 bits per heavy atom. The van der Waals surface area contributed by atoms with E-state index >= 15 is 0 Å². The summed E-state index contributed by atoms with van der Waals surface area (Å²) >= 11 is 0. The summed E-state index contributed by atoms with van der Waals surface area (Å²) in [5.74, 6) is 0.677. The first-order valence-corrected chi connectivity index (χ1v) is 5.15. The third-order valence-corrected chi connectivity index (χ3v) is 2.94. The molecule has 0 amide bonds. The van der Waals surface area contributed by atoms with Gasteiger partial charge in [0.15, 0.2) is 9.84 Å². The molecule has 1 N–H and O–H groups in total. The van der Waals surface area contributed by atoms with Crippen molar-refractivity contribution < 1.29 is 8.42 Å². The lowest BCUT2D eigenvalue weighted by molar-refractivity contribution is 0.595. The molecule has 0 unspecified atom stereocenters. The number of nitrogens with zero attached hydrogens (tertiary/aromatic N) is 1. The van der Waals surface area contributed by atoms with Crippen molar-refractivity contribution in [2.24, 2.45) is 0 Å². The largest absolute Gasteiger partial charge is 0.348 e. The smallest absolute Gasteiger partial charge is 0.157 e. The summed E-state index contributed by atoms with van der Waals surface area (Å²) in [5, 5.41) is 0. The second kappa shape index (κ2) is 3.04. The maximum atomic E-state index is 11.0. The second-order valence-electron chi connectivity index (χ2n) is 2.21. The van der Waals surface area contributed by atoms with Crippen LogP contribution in [0.15, 0.2) is 12.4 Å². The van der Waals surface area contributed by atoms with Crippen LogP contribution in [0.1, 0.15) is 12.7 Å². The number of hydrogen-bond donors (Lipinski definition) is 1. The lowest BCUT2D eigenvalue weighted by Crippen LogP contribution is -2.07. The van der Waals surface area contributed by atoms with Crippen molar-refractivity contribution in [3.63, 3.8) is 0 Å². The Kier molecular flexibility index (Phi) is 2.28. The number of H-pyrrole nitrogens is 1. The molecular weight excluding hydrogens is 164 g/mol. The zero-order valence-electron chi connectivity index (χ0n) is 6.24. The van der Waals surface area contributed by atoms with Gasteiger partial charge in [-0.05, 0) is 0 Å². The highest BCUT2D eigenvalue weighted by Gasteiger charge is 2.09. The van der Waals surface area contributed by atoms with Crippen molar-refractivity contribution >= 4 is 9.84 Å². The molecule has 0 atom stereocenters. The number of nitrogens with one attached hydrogen (secondary N) is 1. The summed E-state index contributed by atoms with van der Waals surface area (Å²) in [6, 6.07) is 0. The van der Waals surface area contributed by atoms with Gasteiger partial charge in [0.1, 0.15) is 11.6 Å². The molecule has 0 aliphatic rings. The summed E-state index contributed by atoms with van der Waals surface area (Å²) in [6.07, 6.45) is 3.15. The predicted molar refractivity (Wildman–Crippen MR) is 41.8 cm³/mol. The quantitative estimate of drug-likeness (QED) is 0.719. The number of sulfone groups is 1. The molecule has 4 nitrogen and oxygen atoms in total. The molecule has 0 bridgehead atoms. The first-order chi connectivity index (χ1) is 5.14. The molecule has 0 spiro atoms. The Hall–Kier alpha value is -0.840. The van der Waals surface area contributed by atoms with Gasteiger partial charge in [0, 0.05) is 18.1 Å². The molecular formula is C6H10N2O2S. The molecule has 1 rings (SSSR count). The van der Waals surface area contributed by atoms with E-state index in [0.29, 0.717) is 5.82 Å². The van der Waals surface area contributed by atoms with E-state index in [1.54, 1.807) is 19.3 Å². The van der Waals surface area contributed by atoms with E-state index in [0.717, 1.165) is 0 Å². The highest BCUT2D eigenvalue weighted by molar-refractivity contribution is 7.90. The molecule has 1 aromatic heterocycles. The first-order valence-electron chi connectivity index (χ1n) is 3.33. The van der Waals surface area contributed by atoms with E-state index in [2.05, 4.69) is 9.97 Å². The van der Waals surface area contributed by atoms with E-state index in [-0.39, 0.29) is 11.5 Å². The van der Waals surface area contributed by atoms with Gasteiger partial charge in [0.05, 0.1) is 0 Å². The molecule has 1 heterocycles. The van der Waals surface area contributed by atoms with Gasteiger partial charge in [-0.2, -0.15) is 0 Å². The monoisotopic (exact) mass is 174 g/mol. The van der Waals surface area contributed by atoms with E-state index < -0.39 is 9.84 Å². The minimum Gasteiger partial charge on any atom is -0.348 e. The second-order valence-corrected chi connectivity index (χ2v) is 4.57. The average molecular weight is 174 g/mol. The SMILES string of the molecule is CCS(=O)(=O)Cc1ncc[nH]1. The van der Waals surface area contributed by atoms with Crippen molar-refractivity contribution in [3.8, 4) is 0 Å². The van der Waals surface area contributed by atoms with Crippen LogP contribution in [-0.4, -0.2) is 24.1 Å². The molecule has 0 fully saturated rings. The molecule has 62 valence electrons. The van der Waals surface area contributed by atoms with Crippen molar-refractivity contribution in [2.45, 2.75) is 12.7 Å². The van der Waals surface area contributed by atoms with Gasteiger partial charge in [-0.1, -0.05) is 6.92 Å². The molecule has 0 aliphatic heterocycles. The Morgan fingerprint density at radius 2 is 2.36 bits per heavy atom. The highest BCUT2D eigenvalue weighted by atomic mass is 32.2. The van der Waals surface area contributed by atoms with E-state index in [1.165, 1.54) is 0 Å². The molecule has 0 saturated carbocycles. The molecule has 0 radical (unpaired) electrons. The fraction of sp³-hybridized carbons (Fsp3) is 0.500. The third kappa shape index (κ3) is 2.34. The van der Waals surface area contributed by atoms with Crippen molar-refractivity contribution in [1.29, 1.82) is 0 Å². The fourth-order valence-corrected chi connectivity index (χ4v) is 1.47. The van der Waals surface area contributed by atoms with Gasteiger partial charge < -0.3 is 4.98 Å². The van der Waals surface area contributed by atoms with Crippen molar-refractivity contribution in [3.05, 3.63) is 18.2 Å². The van der Waals surface area contributed by atoms with Gasteiger partial charge in [-0.3, -0.25) is 0 Å². The number of hydrogen-bond acceptors (Lipinski definition) is 3. The van der Waals surface area contributed by atoms with Crippen LogP contribution < -0.4 is 0 Å².